The van der Waals surface area contributed by atoms with Crippen molar-refractivity contribution in [2.75, 3.05) is 49.2 Å². The molecule has 0 unspecified atom stereocenters. The van der Waals surface area contributed by atoms with Crippen LogP contribution in [-0.2, 0) is 19.1 Å². The zero-order chi connectivity index (χ0) is 29.6. The molecule has 1 aliphatic rings. The van der Waals surface area contributed by atoms with Gasteiger partial charge in [-0.1, -0.05) is 68.2 Å². The predicted octanol–water partition coefficient (Wildman–Crippen LogP) is 5.88. The molecule has 0 aliphatic carbocycles. The van der Waals surface area contributed by atoms with E-state index in [0.717, 1.165) is 50.1 Å². The minimum absolute atomic E-state index is 0.115. The van der Waals surface area contributed by atoms with E-state index in [1.165, 1.54) is 0 Å². The third kappa shape index (κ3) is 8.70. The summed E-state index contributed by atoms with van der Waals surface area (Å²) >= 11 is 0. The number of unbranched alkanes of at least 4 members (excludes halogenated alkanes) is 2. The van der Waals surface area contributed by atoms with E-state index in [0.29, 0.717) is 30.7 Å². The lowest BCUT2D eigenvalue weighted by atomic mass is 10.3. The SMILES string of the molecule is CCCCOC(=O)CN(CC(=O)OCCCC)c1ccc(N=NC2=[N+](c3ccccc3)CCN2c2ccccc2)cn1. The van der Waals surface area contributed by atoms with Crippen LogP contribution >= 0.6 is 0 Å². The van der Waals surface area contributed by atoms with E-state index in [1.54, 1.807) is 23.2 Å². The molecule has 2 aromatic carbocycles. The number of esters is 2. The van der Waals surface area contributed by atoms with Crippen LogP contribution in [0, 0.1) is 0 Å². The number of pyridine rings is 1. The first-order valence-electron chi connectivity index (χ1n) is 14.5. The molecule has 2 heterocycles. The van der Waals surface area contributed by atoms with Crippen LogP contribution in [0.4, 0.5) is 22.9 Å². The summed E-state index contributed by atoms with van der Waals surface area (Å²) in [6.45, 7) is 6.04. The quantitative estimate of drug-likeness (QED) is 0.103. The molecule has 0 saturated heterocycles. The lowest BCUT2D eigenvalue weighted by molar-refractivity contribution is -0.429. The maximum atomic E-state index is 12.5. The van der Waals surface area contributed by atoms with Gasteiger partial charge in [-0.3, -0.25) is 9.59 Å². The van der Waals surface area contributed by atoms with Crippen molar-refractivity contribution in [3.05, 3.63) is 79.0 Å². The lowest BCUT2D eigenvalue weighted by Crippen LogP contribution is -2.37. The summed E-state index contributed by atoms with van der Waals surface area (Å²) < 4.78 is 12.8. The molecule has 10 nitrogen and oxygen atoms in total. The van der Waals surface area contributed by atoms with E-state index in [-0.39, 0.29) is 13.1 Å². The molecule has 0 saturated carbocycles. The lowest BCUT2D eigenvalue weighted by Gasteiger charge is -2.21. The van der Waals surface area contributed by atoms with Gasteiger partial charge in [-0.05, 0) is 49.2 Å². The van der Waals surface area contributed by atoms with Crippen molar-refractivity contribution in [3.63, 3.8) is 0 Å². The van der Waals surface area contributed by atoms with Crippen molar-refractivity contribution >= 4 is 40.8 Å². The van der Waals surface area contributed by atoms with Gasteiger partial charge in [0.1, 0.15) is 49.1 Å². The number of benzene rings is 2. The number of azo groups is 1. The Morgan fingerprint density at radius 2 is 1.48 bits per heavy atom. The van der Waals surface area contributed by atoms with Crippen LogP contribution in [0.1, 0.15) is 39.5 Å². The van der Waals surface area contributed by atoms with Crippen molar-refractivity contribution in [2.24, 2.45) is 10.2 Å². The van der Waals surface area contributed by atoms with Crippen LogP contribution in [0.3, 0.4) is 0 Å². The van der Waals surface area contributed by atoms with Crippen molar-refractivity contribution in [2.45, 2.75) is 39.5 Å². The van der Waals surface area contributed by atoms with E-state index in [2.05, 4.69) is 49.0 Å². The van der Waals surface area contributed by atoms with Crippen molar-refractivity contribution < 1.29 is 23.6 Å². The second-order valence-corrected chi connectivity index (χ2v) is 9.85. The molecule has 0 radical (unpaired) electrons. The number of hydrogen-bond donors (Lipinski definition) is 0. The van der Waals surface area contributed by atoms with Crippen LogP contribution in [-0.4, -0.2) is 66.9 Å². The topological polar surface area (TPSA) is 99.7 Å². The summed E-state index contributed by atoms with van der Waals surface area (Å²) in [7, 11) is 0. The number of carbonyl (C=O) groups is 2. The summed E-state index contributed by atoms with van der Waals surface area (Å²) in [6, 6.07) is 23.7. The number of hydrogen-bond acceptors (Lipinski definition) is 9. The summed E-state index contributed by atoms with van der Waals surface area (Å²) in [5.41, 5.74) is 2.60. The second kappa shape index (κ2) is 16.0. The van der Waals surface area contributed by atoms with Gasteiger partial charge >= 0.3 is 17.9 Å². The number of rotatable bonds is 14. The van der Waals surface area contributed by atoms with E-state index < -0.39 is 11.9 Å². The zero-order valence-electron chi connectivity index (χ0n) is 24.4. The van der Waals surface area contributed by atoms with Gasteiger partial charge in [0.25, 0.3) is 0 Å². The Morgan fingerprint density at radius 1 is 0.857 bits per heavy atom. The van der Waals surface area contributed by atoms with Crippen molar-refractivity contribution in [3.8, 4) is 0 Å². The first-order valence-corrected chi connectivity index (χ1v) is 14.5. The van der Waals surface area contributed by atoms with E-state index in [9.17, 15) is 9.59 Å². The molecule has 42 heavy (non-hydrogen) atoms. The molecule has 0 N–H and O–H groups in total. The molecule has 0 atom stereocenters. The molecule has 4 rings (SSSR count). The van der Waals surface area contributed by atoms with Gasteiger partial charge in [0, 0.05) is 5.11 Å². The van der Waals surface area contributed by atoms with Crippen molar-refractivity contribution in [1.29, 1.82) is 0 Å². The van der Waals surface area contributed by atoms with Crippen LogP contribution < -0.4 is 9.80 Å². The zero-order valence-corrected chi connectivity index (χ0v) is 24.4. The van der Waals surface area contributed by atoms with Gasteiger partial charge < -0.3 is 14.4 Å². The van der Waals surface area contributed by atoms with Gasteiger partial charge in [-0.15, -0.1) is 0 Å². The Labute approximate surface area is 247 Å². The Kier molecular flexibility index (Phi) is 11.6. The Morgan fingerprint density at radius 3 is 2.05 bits per heavy atom. The average Bonchev–Trinajstić information content (AvgIpc) is 3.45. The molecule has 0 bridgehead atoms. The second-order valence-electron chi connectivity index (χ2n) is 9.85. The molecule has 1 aromatic heterocycles. The molecule has 10 heteroatoms. The van der Waals surface area contributed by atoms with E-state index >= 15 is 0 Å². The number of guanidine groups is 1. The Balaban J connectivity index is 1.53. The minimum Gasteiger partial charge on any atom is -0.464 e. The molecule has 1 aliphatic heterocycles. The molecule has 0 fully saturated rings. The van der Waals surface area contributed by atoms with E-state index in [1.807, 2.05) is 50.2 Å². The highest BCUT2D eigenvalue weighted by Gasteiger charge is 2.33. The highest BCUT2D eigenvalue weighted by Crippen LogP contribution is 2.24. The van der Waals surface area contributed by atoms with Crippen molar-refractivity contribution in [1.82, 2.24) is 4.98 Å². The summed E-state index contributed by atoms with van der Waals surface area (Å²) in [6.07, 6.45) is 4.98. The Hall–Kier alpha value is -4.60. The predicted molar refractivity (Wildman–Crippen MR) is 163 cm³/mol. The van der Waals surface area contributed by atoms with Crippen LogP contribution in [0.5, 0.6) is 0 Å². The monoisotopic (exact) mass is 571 g/mol. The van der Waals surface area contributed by atoms with E-state index in [4.69, 9.17) is 9.47 Å². The Bertz CT molecular complexity index is 1320. The van der Waals surface area contributed by atoms with Gasteiger partial charge in [0.15, 0.2) is 0 Å². The van der Waals surface area contributed by atoms with Gasteiger partial charge in [-0.2, -0.15) is 0 Å². The fraction of sp³-hybridized carbons (Fsp3) is 0.375. The third-order valence-corrected chi connectivity index (χ3v) is 6.64. The van der Waals surface area contributed by atoms with Crippen LogP contribution in [0.25, 0.3) is 0 Å². The average molecular weight is 572 g/mol. The van der Waals surface area contributed by atoms with Crippen LogP contribution in [0.2, 0.25) is 0 Å². The number of para-hydroxylation sites is 2. The standard InChI is InChI=1S/C32H39N6O4/c1-3-5-21-41-30(39)24-36(25-31(40)42-22-6-4-2)29-18-17-26(23-33-29)34-35-32-37(27-13-9-7-10-14-27)19-20-38(32)28-15-11-8-12-16-28/h7-18,23H,3-6,19-22,24-25H2,1-2H3/q+1. The highest BCUT2D eigenvalue weighted by atomic mass is 16.5. The molecule has 0 amide bonds. The number of anilines is 2. The number of aromatic nitrogens is 1. The third-order valence-electron chi connectivity index (χ3n) is 6.64. The number of carbonyl (C=O) groups excluding carboxylic acids is 2. The summed E-state index contributed by atoms with van der Waals surface area (Å²) in [4.78, 5) is 33.1. The maximum Gasteiger partial charge on any atom is 0.422 e. The van der Waals surface area contributed by atoms with Gasteiger partial charge in [0.05, 0.1) is 19.4 Å². The normalized spacial score (nSPS) is 13.0. The fourth-order valence-electron chi connectivity index (χ4n) is 4.37. The summed E-state index contributed by atoms with van der Waals surface area (Å²) in [5, 5.41) is 9.16. The van der Waals surface area contributed by atoms with Gasteiger partial charge in [-0.25, -0.2) is 14.5 Å². The molecule has 3 aromatic rings. The first kappa shape index (κ1) is 30.4. The van der Waals surface area contributed by atoms with Gasteiger partial charge in [0.2, 0.25) is 0 Å². The molecular formula is C32H39N6O4+. The molecule has 0 spiro atoms. The number of ether oxygens (including phenoxy) is 2. The fourth-order valence-corrected chi connectivity index (χ4v) is 4.37. The molecule has 220 valence electrons. The smallest absolute Gasteiger partial charge is 0.422 e. The number of nitrogens with zero attached hydrogens (tertiary/aromatic N) is 6. The summed E-state index contributed by atoms with van der Waals surface area (Å²) in [5.74, 6) is 0.312. The minimum atomic E-state index is -0.421. The molecular weight excluding hydrogens is 532 g/mol. The first-order chi connectivity index (χ1) is 20.6. The van der Waals surface area contributed by atoms with Crippen LogP contribution in [0.15, 0.2) is 89.2 Å². The highest BCUT2D eigenvalue weighted by molar-refractivity contribution is 5.94. The largest absolute Gasteiger partial charge is 0.464 e. The maximum absolute atomic E-state index is 12.5.